The van der Waals surface area contributed by atoms with E-state index in [4.69, 9.17) is 16.0 Å². The van der Waals surface area contributed by atoms with E-state index in [9.17, 15) is 4.79 Å². The van der Waals surface area contributed by atoms with Crippen molar-refractivity contribution in [3.8, 4) is 0 Å². The van der Waals surface area contributed by atoms with Gasteiger partial charge in [-0.1, -0.05) is 41.9 Å². The zero-order valence-corrected chi connectivity index (χ0v) is 16.9. The summed E-state index contributed by atoms with van der Waals surface area (Å²) in [6.45, 7) is 1.92. The predicted molar refractivity (Wildman–Crippen MR) is 113 cm³/mol. The van der Waals surface area contributed by atoms with Gasteiger partial charge in [0.25, 0.3) is 0 Å². The van der Waals surface area contributed by atoms with Crippen LogP contribution in [0.2, 0.25) is 5.02 Å². The van der Waals surface area contributed by atoms with E-state index in [1.807, 2.05) is 66.9 Å². The molecule has 0 aliphatic heterocycles. The van der Waals surface area contributed by atoms with Crippen LogP contribution in [0, 0.1) is 0 Å². The second kappa shape index (κ2) is 8.17. The summed E-state index contributed by atoms with van der Waals surface area (Å²) in [6, 6.07) is 17.3. The normalized spacial score (nSPS) is 12.2. The van der Waals surface area contributed by atoms with Crippen molar-refractivity contribution >= 4 is 39.8 Å². The zero-order valence-electron chi connectivity index (χ0n) is 15.3. The maximum atomic E-state index is 12.4. The van der Waals surface area contributed by atoms with Crippen LogP contribution < -0.4 is 5.32 Å². The van der Waals surface area contributed by atoms with Gasteiger partial charge in [0.2, 0.25) is 5.91 Å². The number of furan rings is 1. The van der Waals surface area contributed by atoms with Crippen molar-refractivity contribution in [2.75, 3.05) is 0 Å². The summed E-state index contributed by atoms with van der Waals surface area (Å²) in [7, 11) is 0. The number of fused-ring (bicyclic) bond motifs is 1. The molecule has 0 aliphatic rings. The smallest absolute Gasteiger partial charge is 0.226 e. The lowest BCUT2D eigenvalue weighted by atomic mass is 10.2. The summed E-state index contributed by atoms with van der Waals surface area (Å²) in [5.41, 5.74) is 2.71. The standard InChI is InChI=1S/C22H19ClN2O2S/c1-14(20-11-16-6-2-3-8-19(16)27-20)24-21(26)12-18-13-28-22(25-18)10-15-5-4-7-17(23)9-15/h2-9,11,13-14H,10,12H2,1H3,(H,24,26). The van der Waals surface area contributed by atoms with Crippen LogP contribution in [0.3, 0.4) is 0 Å². The third kappa shape index (κ3) is 4.43. The number of benzene rings is 2. The number of para-hydroxylation sites is 1. The zero-order chi connectivity index (χ0) is 19.5. The predicted octanol–water partition coefficient (Wildman–Crippen LogP) is 5.55. The van der Waals surface area contributed by atoms with E-state index in [2.05, 4.69) is 10.3 Å². The third-order valence-corrected chi connectivity index (χ3v) is 5.57. The van der Waals surface area contributed by atoms with Crippen molar-refractivity contribution in [3.05, 3.63) is 87.0 Å². The molecule has 2 aromatic heterocycles. The number of hydrogen-bond acceptors (Lipinski definition) is 4. The van der Waals surface area contributed by atoms with E-state index in [0.29, 0.717) is 11.4 Å². The largest absolute Gasteiger partial charge is 0.459 e. The summed E-state index contributed by atoms with van der Waals surface area (Å²) in [6.07, 6.45) is 0.957. The van der Waals surface area contributed by atoms with Crippen molar-refractivity contribution in [2.24, 2.45) is 0 Å². The second-order valence-corrected chi connectivity index (χ2v) is 8.07. The fourth-order valence-electron chi connectivity index (χ4n) is 3.08. The summed E-state index contributed by atoms with van der Waals surface area (Å²) in [4.78, 5) is 17.0. The third-order valence-electron chi connectivity index (χ3n) is 4.43. The summed E-state index contributed by atoms with van der Waals surface area (Å²) in [5, 5.41) is 7.64. The van der Waals surface area contributed by atoms with Crippen LogP contribution >= 0.6 is 22.9 Å². The average molecular weight is 411 g/mol. The molecule has 28 heavy (non-hydrogen) atoms. The van der Waals surface area contributed by atoms with Crippen molar-refractivity contribution in [1.82, 2.24) is 10.3 Å². The quantitative estimate of drug-likeness (QED) is 0.453. The molecule has 1 atom stereocenters. The van der Waals surface area contributed by atoms with Crippen molar-refractivity contribution in [1.29, 1.82) is 0 Å². The summed E-state index contributed by atoms with van der Waals surface area (Å²) in [5.74, 6) is 0.669. The first-order valence-corrected chi connectivity index (χ1v) is 10.3. The molecule has 0 saturated carbocycles. The van der Waals surface area contributed by atoms with Crippen molar-refractivity contribution in [3.63, 3.8) is 0 Å². The number of amides is 1. The van der Waals surface area contributed by atoms with Crippen molar-refractivity contribution < 1.29 is 9.21 Å². The van der Waals surface area contributed by atoms with E-state index < -0.39 is 0 Å². The fourth-order valence-corrected chi connectivity index (χ4v) is 4.12. The Kier molecular flexibility index (Phi) is 5.46. The molecular weight excluding hydrogens is 392 g/mol. The summed E-state index contributed by atoms with van der Waals surface area (Å²) < 4.78 is 5.82. The van der Waals surface area contributed by atoms with Crippen molar-refractivity contribution in [2.45, 2.75) is 25.8 Å². The van der Waals surface area contributed by atoms with Gasteiger partial charge < -0.3 is 9.73 Å². The Morgan fingerprint density at radius 3 is 2.89 bits per heavy atom. The van der Waals surface area contributed by atoms with Crippen LogP contribution in [0.4, 0.5) is 0 Å². The Morgan fingerprint density at radius 2 is 2.07 bits per heavy atom. The van der Waals surface area contributed by atoms with Gasteiger partial charge in [-0.3, -0.25) is 4.79 Å². The molecule has 1 unspecified atom stereocenters. The molecule has 4 rings (SSSR count). The first-order valence-electron chi connectivity index (χ1n) is 9.02. The fraction of sp³-hybridized carbons (Fsp3) is 0.182. The number of nitrogens with zero attached hydrogens (tertiary/aromatic N) is 1. The number of carbonyl (C=O) groups excluding carboxylic acids is 1. The van der Waals surface area contributed by atoms with E-state index in [1.54, 1.807) is 11.3 Å². The highest BCUT2D eigenvalue weighted by atomic mass is 35.5. The molecule has 2 heterocycles. The van der Waals surface area contributed by atoms with Gasteiger partial charge in [-0.2, -0.15) is 0 Å². The topological polar surface area (TPSA) is 55.1 Å². The van der Waals surface area contributed by atoms with Crippen LogP contribution in [-0.2, 0) is 17.6 Å². The minimum absolute atomic E-state index is 0.0763. The Balaban J connectivity index is 1.36. The molecule has 6 heteroatoms. The van der Waals surface area contributed by atoms with Gasteiger partial charge in [0.05, 0.1) is 23.2 Å². The lowest BCUT2D eigenvalue weighted by Crippen LogP contribution is -2.27. The molecule has 0 spiro atoms. The van der Waals surface area contributed by atoms with Crippen LogP contribution in [0.15, 0.2) is 64.4 Å². The Labute approximate surface area is 172 Å². The van der Waals surface area contributed by atoms with Crippen LogP contribution in [0.1, 0.15) is 35.0 Å². The maximum Gasteiger partial charge on any atom is 0.226 e. The molecule has 2 aromatic carbocycles. The number of hydrogen-bond donors (Lipinski definition) is 1. The molecule has 0 bridgehead atoms. The number of rotatable bonds is 6. The first-order chi connectivity index (χ1) is 13.6. The molecule has 1 amide bonds. The number of carbonyl (C=O) groups is 1. The van der Waals surface area contributed by atoms with Crippen LogP contribution in [0.5, 0.6) is 0 Å². The van der Waals surface area contributed by atoms with E-state index >= 15 is 0 Å². The number of nitrogens with one attached hydrogen (secondary N) is 1. The SMILES string of the molecule is CC(NC(=O)Cc1csc(Cc2cccc(Cl)c2)n1)c1cc2ccccc2o1. The van der Waals surface area contributed by atoms with Gasteiger partial charge >= 0.3 is 0 Å². The van der Waals surface area contributed by atoms with E-state index in [1.165, 1.54) is 0 Å². The van der Waals surface area contributed by atoms with Gasteiger partial charge in [0.1, 0.15) is 11.3 Å². The van der Waals surface area contributed by atoms with Crippen LogP contribution in [-0.4, -0.2) is 10.9 Å². The van der Waals surface area contributed by atoms with Gasteiger partial charge in [0.15, 0.2) is 0 Å². The average Bonchev–Trinajstić information content (AvgIpc) is 3.28. The number of aromatic nitrogens is 1. The minimum Gasteiger partial charge on any atom is -0.459 e. The van der Waals surface area contributed by atoms with Crippen LogP contribution in [0.25, 0.3) is 11.0 Å². The molecule has 0 fully saturated rings. The lowest BCUT2D eigenvalue weighted by molar-refractivity contribution is -0.121. The molecule has 4 aromatic rings. The highest BCUT2D eigenvalue weighted by molar-refractivity contribution is 7.09. The number of halogens is 1. The number of thiazole rings is 1. The highest BCUT2D eigenvalue weighted by Crippen LogP contribution is 2.24. The van der Waals surface area contributed by atoms with Gasteiger partial charge in [-0.15, -0.1) is 11.3 Å². The van der Waals surface area contributed by atoms with E-state index in [0.717, 1.165) is 33.0 Å². The maximum absolute atomic E-state index is 12.4. The Morgan fingerprint density at radius 1 is 1.21 bits per heavy atom. The molecule has 142 valence electrons. The van der Waals surface area contributed by atoms with E-state index in [-0.39, 0.29) is 18.4 Å². The first kappa shape index (κ1) is 18.7. The molecule has 0 radical (unpaired) electrons. The molecular formula is C22H19ClN2O2S. The molecule has 1 N–H and O–H groups in total. The molecule has 4 nitrogen and oxygen atoms in total. The minimum atomic E-state index is -0.204. The van der Waals surface area contributed by atoms with Gasteiger partial charge in [-0.25, -0.2) is 4.98 Å². The molecule has 0 saturated heterocycles. The second-order valence-electron chi connectivity index (χ2n) is 6.69. The monoisotopic (exact) mass is 410 g/mol. The highest BCUT2D eigenvalue weighted by Gasteiger charge is 2.15. The Bertz CT molecular complexity index is 1090. The molecule has 0 aliphatic carbocycles. The summed E-state index contributed by atoms with van der Waals surface area (Å²) >= 11 is 7.59. The lowest BCUT2D eigenvalue weighted by Gasteiger charge is -2.10. The van der Waals surface area contributed by atoms with Gasteiger partial charge in [0, 0.05) is 22.2 Å². The Hall–Kier alpha value is -2.63. The van der Waals surface area contributed by atoms with Gasteiger partial charge in [-0.05, 0) is 36.8 Å².